The van der Waals surface area contributed by atoms with E-state index >= 15 is 0 Å². The van der Waals surface area contributed by atoms with Crippen LogP contribution in [0.1, 0.15) is 43.5 Å². The van der Waals surface area contributed by atoms with Gasteiger partial charge in [0.25, 0.3) is 0 Å². The number of carbonyl (C=O) groups excluding carboxylic acids is 1. The minimum atomic E-state index is 0.169. The van der Waals surface area contributed by atoms with Crippen LogP contribution in [0.2, 0.25) is 0 Å². The number of piperidine rings is 1. The van der Waals surface area contributed by atoms with Crippen molar-refractivity contribution in [3.8, 4) is 0 Å². The van der Waals surface area contributed by atoms with Gasteiger partial charge in [-0.05, 0) is 63.3 Å². The summed E-state index contributed by atoms with van der Waals surface area (Å²) in [5, 5.41) is 8.34. The van der Waals surface area contributed by atoms with Gasteiger partial charge < -0.3 is 10.6 Å². The first-order valence-corrected chi connectivity index (χ1v) is 9.27. The third kappa shape index (κ3) is 5.38. The Kier molecular flexibility index (Phi) is 7.36. The van der Waals surface area contributed by atoms with E-state index in [9.17, 15) is 4.79 Å². The second-order valence-corrected chi connectivity index (χ2v) is 7.24. The van der Waals surface area contributed by atoms with Crippen LogP contribution < -0.4 is 10.6 Å². The van der Waals surface area contributed by atoms with E-state index < -0.39 is 0 Å². The average molecular weight is 324 g/mol. The molecule has 0 aromatic carbocycles. The van der Waals surface area contributed by atoms with E-state index in [4.69, 9.17) is 0 Å². The van der Waals surface area contributed by atoms with Gasteiger partial charge in [0, 0.05) is 17.8 Å². The summed E-state index contributed by atoms with van der Waals surface area (Å²) < 4.78 is 0. The van der Waals surface area contributed by atoms with Gasteiger partial charge in [-0.3, -0.25) is 9.69 Å². The molecule has 1 aromatic rings. The summed E-state index contributed by atoms with van der Waals surface area (Å²) in [6.45, 7) is 6.23. The van der Waals surface area contributed by atoms with Gasteiger partial charge in [0.15, 0.2) is 0 Å². The number of nitrogens with one attached hydrogen (secondary N) is 2. The quantitative estimate of drug-likeness (QED) is 0.723. The topological polar surface area (TPSA) is 44.4 Å². The summed E-state index contributed by atoms with van der Waals surface area (Å²) in [6.07, 6.45) is 4.03. The Balaban J connectivity index is 1.87. The van der Waals surface area contributed by atoms with Crippen LogP contribution in [0, 0.1) is 5.92 Å². The smallest absolute Gasteiger partial charge is 0.220 e. The van der Waals surface area contributed by atoms with Gasteiger partial charge >= 0.3 is 0 Å². The third-order valence-corrected chi connectivity index (χ3v) is 5.43. The van der Waals surface area contributed by atoms with Gasteiger partial charge in [-0.15, -0.1) is 11.3 Å². The summed E-state index contributed by atoms with van der Waals surface area (Å²) in [5.41, 5.74) is 0. The normalized spacial score (nSPS) is 18.3. The van der Waals surface area contributed by atoms with Crippen LogP contribution in [0.5, 0.6) is 0 Å². The Morgan fingerprint density at radius 2 is 2.23 bits per heavy atom. The highest BCUT2D eigenvalue weighted by molar-refractivity contribution is 7.10. The van der Waals surface area contributed by atoms with Crippen molar-refractivity contribution >= 4 is 17.2 Å². The molecule has 1 fully saturated rings. The molecule has 0 bridgehead atoms. The van der Waals surface area contributed by atoms with Crippen molar-refractivity contribution in [1.82, 2.24) is 15.5 Å². The standard InChI is InChI=1S/C17H29N3OS/c1-14-7-10-20(11-8-14)15(16-5-4-12-22-16)13-19-17(21)6-3-9-18-2/h4-5,12,14-15,18H,3,6-11,13H2,1-2H3,(H,19,21). The predicted octanol–water partition coefficient (Wildman–Crippen LogP) is 2.64. The summed E-state index contributed by atoms with van der Waals surface area (Å²) in [7, 11) is 1.92. The van der Waals surface area contributed by atoms with Crippen molar-refractivity contribution < 1.29 is 4.79 Å². The second kappa shape index (κ2) is 9.28. The lowest BCUT2D eigenvalue weighted by molar-refractivity contribution is -0.121. The Hall–Kier alpha value is -0.910. The van der Waals surface area contributed by atoms with Crippen LogP contribution in [0.15, 0.2) is 17.5 Å². The molecule has 0 aliphatic carbocycles. The second-order valence-electron chi connectivity index (χ2n) is 6.26. The van der Waals surface area contributed by atoms with Crippen molar-refractivity contribution in [2.24, 2.45) is 5.92 Å². The number of hydrogen-bond donors (Lipinski definition) is 2. The molecule has 2 heterocycles. The highest BCUT2D eigenvalue weighted by atomic mass is 32.1. The Morgan fingerprint density at radius 1 is 1.45 bits per heavy atom. The number of likely N-dealkylation sites (tertiary alicyclic amines) is 1. The first kappa shape index (κ1) is 17.4. The molecule has 0 radical (unpaired) electrons. The van der Waals surface area contributed by atoms with Gasteiger partial charge in [-0.2, -0.15) is 0 Å². The molecule has 4 nitrogen and oxygen atoms in total. The minimum absolute atomic E-state index is 0.169. The highest BCUT2D eigenvalue weighted by Gasteiger charge is 2.25. The molecule has 124 valence electrons. The lowest BCUT2D eigenvalue weighted by Gasteiger charge is -2.36. The molecule has 0 saturated carbocycles. The third-order valence-electron chi connectivity index (χ3n) is 4.45. The van der Waals surface area contributed by atoms with Gasteiger partial charge in [0.1, 0.15) is 0 Å². The van der Waals surface area contributed by atoms with Gasteiger partial charge in [0.05, 0.1) is 6.04 Å². The monoisotopic (exact) mass is 323 g/mol. The van der Waals surface area contributed by atoms with Crippen LogP contribution in [0.4, 0.5) is 0 Å². The van der Waals surface area contributed by atoms with Gasteiger partial charge in [0.2, 0.25) is 5.91 Å². The molecule has 1 saturated heterocycles. The van der Waals surface area contributed by atoms with Crippen molar-refractivity contribution in [3.63, 3.8) is 0 Å². The van der Waals surface area contributed by atoms with Gasteiger partial charge in [-0.25, -0.2) is 0 Å². The van der Waals surface area contributed by atoms with Crippen LogP contribution in [-0.4, -0.2) is 44.0 Å². The van der Waals surface area contributed by atoms with E-state index in [1.807, 2.05) is 7.05 Å². The van der Waals surface area contributed by atoms with Crippen molar-refractivity contribution in [2.45, 2.75) is 38.6 Å². The van der Waals surface area contributed by atoms with Crippen LogP contribution in [0.3, 0.4) is 0 Å². The zero-order chi connectivity index (χ0) is 15.8. The molecule has 1 aliphatic heterocycles. The first-order chi connectivity index (χ1) is 10.7. The fraction of sp³-hybridized carbons (Fsp3) is 0.706. The molecule has 0 spiro atoms. The lowest BCUT2D eigenvalue weighted by Crippen LogP contribution is -2.41. The molecule has 2 rings (SSSR count). The Bertz CT molecular complexity index is 427. The van der Waals surface area contributed by atoms with E-state index in [0.717, 1.165) is 38.5 Å². The fourth-order valence-corrected chi connectivity index (χ4v) is 3.82. The van der Waals surface area contributed by atoms with Crippen molar-refractivity contribution in [1.29, 1.82) is 0 Å². The lowest BCUT2D eigenvalue weighted by atomic mass is 9.97. The van der Waals surface area contributed by atoms with Gasteiger partial charge in [-0.1, -0.05) is 13.0 Å². The average Bonchev–Trinajstić information content (AvgIpc) is 3.04. The number of amides is 1. The molecule has 1 amide bonds. The largest absolute Gasteiger partial charge is 0.354 e. The Morgan fingerprint density at radius 3 is 2.86 bits per heavy atom. The number of rotatable bonds is 8. The SMILES string of the molecule is CNCCCC(=O)NCC(c1cccs1)N1CCC(C)CC1. The van der Waals surface area contributed by atoms with Crippen LogP contribution >= 0.6 is 11.3 Å². The fourth-order valence-electron chi connectivity index (χ4n) is 2.96. The molecule has 1 atom stereocenters. The van der Waals surface area contributed by atoms with E-state index in [0.29, 0.717) is 12.5 Å². The summed E-state index contributed by atoms with van der Waals surface area (Å²) in [4.78, 5) is 15.9. The maximum absolute atomic E-state index is 12.0. The molecular weight excluding hydrogens is 294 g/mol. The van der Waals surface area contributed by atoms with E-state index in [2.05, 4.69) is 40.0 Å². The van der Waals surface area contributed by atoms with Crippen molar-refractivity contribution in [2.75, 3.05) is 33.2 Å². The zero-order valence-corrected chi connectivity index (χ0v) is 14.6. The molecule has 1 unspecified atom stereocenters. The molecule has 22 heavy (non-hydrogen) atoms. The zero-order valence-electron chi connectivity index (χ0n) is 13.8. The number of nitrogens with zero attached hydrogens (tertiary/aromatic N) is 1. The van der Waals surface area contributed by atoms with Crippen LogP contribution in [-0.2, 0) is 4.79 Å². The van der Waals surface area contributed by atoms with E-state index in [-0.39, 0.29) is 5.91 Å². The van der Waals surface area contributed by atoms with Crippen molar-refractivity contribution in [3.05, 3.63) is 22.4 Å². The van der Waals surface area contributed by atoms with E-state index in [1.54, 1.807) is 11.3 Å². The molecule has 5 heteroatoms. The summed E-state index contributed by atoms with van der Waals surface area (Å²) in [5.74, 6) is 0.999. The molecule has 2 N–H and O–H groups in total. The predicted molar refractivity (Wildman–Crippen MR) is 93.2 cm³/mol. The maximum atomic E-state index is 12.0. The Labute approximate surface area is 138 Å². The van der Waals surface area contributed by atoms with Crippen LogP contribution in [0.25, 0.3) is 0 Å². The molecule has 1 aromatic heterocycles. The summed E-state index contributed by atoms with van der Waals surface area (Å²) in [6, 6.07) is 4.63. The minimum Gasteiger partial charge on any atom is -0.354 e. The number of carbonyl (C=O) groups is 1. The number of hydrogen-bond acceptors (Lipinski definition) is 4. The molecular formula is C17H29N3OS. The molecule has 1 aliphatic rings. The maximum Gasteiger partial charge on any atom is 0.220 e. The highest BCUT2D eigenvalue weighted by Crippen LogP contribution is 2.29. The first-order valence-electron chi connectivity index (χ1n) is 8.39. The summed E-state index contributed by atoms with van der Waals surface area (Å²) >= 11 is 1.80. The van der Waals surface area contributed by atoms with E-state index in [1.165, 1.54) is 17.7 Å². The number of thiophene rings is 1.